The Morgan fingerprint density at radius 1 is 1.29 bits per heavy atom. The van der Waals surface area contributed by atoms with Crippen LogP contribution in [0.25, 0.3) is 0 Å². The van der Waals surface area contributed by atoms with Crippen molar-refractivity contribution in [3.8, 4) is 11.5 Å². The number of carbonyl (C=O) groups excluding carboxylic acids is 1. The molecule has 0 radical (unpaired) electrons. The van der Waals surface area contributed by atoms with E-state index in [0.717, 1.165) is 43.6 Å². The second-order valence-corrected chi connectivity index (χ2v) is 7.20. The van der Waals surface area contributed by atoms with Crippen LogP contribution in [0.1, 0.15) is 52.0 Å². The SMILES string of the molecule is CCCOc1ccc(CN(CCC)C(=O)C(C)OCC2CCCO2)cc1OC. The summed E-state index contributed by atoms with van der Waals surface area (Å²) in [5, 5.41) is 0. The standard InChI is InChI=1S/C22H35NO5/c1-5-11-23(22(24)17(3)28-16-19-8-7-13-26-19)15-18-9-10-20(27-12-6-2)21(14-18)25-4/h9-10,14,17,19H,5-8,11-13,15-16H2,1-4H3. The molecule has 2 unspecified atom stereocenters. The largest absolute Gasteiger partial charge is 0.493 e. The van der Waals surface area contributed by atoms with E-state index < -0.39 is 6.10 Å². The molecule has 158 valence electrons. The van der Waals surface area contributed by atoms with Crippen LogP contribution in [0.15, 0.2) is 18.2 Å². The highest BCUT2D eigenvalue weighted by atomic mass is 16.5. The number of nitrogens with zero attached hydrogens (tertiary/aromatic N) is 1. The summed E-state index contributed by atoms with van der Waals surface area (Å²) in [6.45, 7) is 9.07. The second kappa shape index (κ2) is 11.9. The van der Waals surface area contributed by atoms with Crippen LogP contribution in [-0.2, 0) is 20.8 Å². The van der Waals surface area contributed by atoms with E-state index in [4.69, 9.17) is 18.9 Å². The Balaban J connectivity index is 1.98. The van der Waals surface area contributed by atoms with E-state index >= 15 is 0 Å². The lowest BCUT2D eigenvalue weighted by atomic mass is 10.1. The van der Waals surface area contributed by atoms with E-state index in [2.05, 4.69) is 13.8 Å². The Kier molecular flexibility index (Phi) is 9.58. The zero-order valence-electron chi connectivity index (χ0n) is 17.7. The third kappa shape index (κ3) is 6.67. The van der Waals surface area contributed by atoms with Gasteiger partial charge in [-0.15, -0.1) is 0 Å². The van der Waals surface area contributed by atoms with Crippen molar-refractivity contribution < 1.29 is 23.7 Å². The summed E-state index contributed by atoms with van der Waals surface area (Å²) in [5.74, 6) is 1.43. The van der Waals surface area contributed by atoms with Gasteiger partial charge in [-0.3, -0.25) is 4.79 Å². The normalized spacial score (nSPS) is 17.4. The van der Waals surface area contributed by atoms with E-state index in [-0.39, 0.29) is 12.0 Å². The summed E-state index contributed by atoms with van der Waals surface area (Å²) in [7, 11) is 1.63. The van der Waals surface area contributed by atoms with Crippen LogP contribution >= 0.6 is 0 Å². The fraction of sp³-hybridized carbons (Fsp3) is 0.682. The summed E-state index contributed by atoms with van der Waals surface area (Å²) in [4.78, 5) is 14.8. The predicted molar refractivity (Wildman–Crippen MR) is 109 cm³/mol. The molecule has 1 aliphatic rings. The monoisotopic (exact) mass is 393 g/mol. The van der Waals surface area contributed by atoms with Crippen LogP contribution in [-0.4, -0.2) is 56.5 Å². The molecular weight excluding hydrogens is 358 g/mol. The lowest BCUT2D eigenvalue weighted by Crippen LogP contribution is -2.40. The molecule has 1 aromatic rings. The third-order valence-electron chi connectivity index (χ3n) is 4.77. The first kappa shape index (κ1) is 22.5. The van der Waals surface area contributed by atoms with Crippen molar-refractivity contribution in [2.45, 2.75) is 65.2 Å². The van der Waals surface area contributed by atoms with Gasteiger partial charge in [-0.05, 0) is 50.3 Å². The predicted octanol–water partition coefficient (Wildman–Crippen LogP) is 3.81. The molecule has 6 nitrogen and oxygen atoms in total. The van der Waals surface area contributed by atoms with E-state index in [1.807, 2.05) is 30.0 Å². The van der Waals surface area contributed by atoms with Crippen LogP contribution in [0.2, 0.25) is 0 Å². The Bertz CT molecular complexity index is 601. The van der Waals surface area contributed by atoms with Crippen molar-refractivity contribution in [1.82, 2.24) is 4.90 Å². The van der Waals surface area contributed by atoms with Gasteiger partial charge >= 0.3 is 0 Å². The van der Waals surface area contributed by atoms with Gasteiger partial charge in [-0.25, -0.2) is 0 Å². The van der Waals surface area contributed by atoms with Gasteiger partial charge < -0.3 is 23.8 Å². The molecule has 0 N–H and O–H groups in total. The minimum atomic E-state index is -0.482. The zero-order chi connectivity index (χ0) is 20.4. The van der Waals surface area contributed by atoms with E-state index in [1.54, 1.807) is 7.11 Å². The number of rotatable bonds is 12. The van der Waals surface area contributed by atoms with Gasteiger partial charge in [0.25, 0.3) is 5.91 Å². The van der Waals surface area contributed by atoms with Gasteiger partial charge in [-0.1, -0.05) is 19.9 Å². The number of benzene rings is 1. The second-order valence-electron chi connectivity index (χ2n) is 7.20. The zero-order valence-corrected chi connectivity index (χ0v) is 17.7. The molecule has 0 aromatic heterocycles. The average Bonchev–Trinajstić information content (AvgIpc) is 3.23. The molecule has 1 heterocycles. The molecule has 6 heteroatoms. The first-order chi connectivity index (χ1) is 13.6. The Morgan fingerprint density at radius 2 is 2.11 bits per heavy atom. The lowest BCUT2D eigenvalue weighted by molar-refractivity contribution is -0.145. The van der Waals surface area contributed by atoms with Crippen molar-refractivity contribution in [1.29, 1.82) is 0 Å². The molecule has 1 saturated heterocycles. The molecule has 1 amide bonds. The number of carbonyl (C=O) groups is 1. The first-order valence-electron chi connectivity index (χ1n) is 10.4. The van der Waals surface area contributed by atoms with E-state index in [0.29, 0.717) is 32.1 Å². The van der Waals surface area contributed by atoms with Crippen molar-refractivity contribution in [3.63, 3.8) is 0 Å². The number of hydrogen-bond donors (Lipinski definition) is 0. The van der Waals surface area contributed by atoms with Gasteiger partial charge in [0.1, 0.15) is 6.10 Å². The number of methoxy groups -OCH3 is 1. The molecule has 2 atom stereocenters. The number of ether oxygens (including phenoxy) is 4. The van der Waals surface area contributed by atoms with Crippen molar-refractivity contribution >= 4 is 5.91 Å². The molecular formula is C22H35NO5. The smallest absolute Gasteiger partial charge is 0.251 e. The maximum Gasteiger partial charge on any atom is 0.251 e. The molecule has 0 bridgehead atoms. The van der Waals surface area contributed by atoms with Crippen LogP contribution in [0.5, 0.6) is 11.5 Å². The summed E-state index contributed by atoms with van der Waals surface area (Å²) in [6.07, 6.45) is 3.54. The van der Waals surface area contributed by atoms with Gasteiger partial charge in [0.05, 0.1) is 26.4 Å². The highest BCUT2D eigenvalue weighted by Gasteiger charge is 2.24. The van der Waals surface area contributed by atoms with Crippen molar-refractivity contribution in [2.75, 3.05) is 33.5 Å². The molecule has 0 spiro atoms. The van der Waals surface area contributed by atoms with Gasteiger partial charge in [0.2, 0.25) is 0 Å². The van der Waals surface area contributed by atoms with Gasteiger partial charge in [0.15, 0.2) is 11.5 Å². The fourth-order valence-electron chi connectivity index (χ4n) is 3.25. The minimum Gasteiger partial charge on any atom is -0.493 e. The number of hydrogen-bond acceptors (Lipinski definition) is 5. The highest BCUT2D eigenvalue weighted by molar-refractivity contribution is 5.80. The Hall–Kier alpha value is -1.79. The molecule has 28 heavy (non-hydrogen) atoms. The minimum absolute atomic E-state index is 0.00474. The average molecular weight is 394 g/mol. The van der Waals surface area contributed by atoms with E-state index in [1.165, 1.54) is 0 Å². The molecule has 1 aromatic carbocycles. The topological polar surface area (TPSA) is 57.2 Å². The highest BCUT2D eigenvalue weighted by Crippen LogP contribution is 2.29. The summed E-state index contributed by atoms with van der Waals surface area (Å²) < 4.78 is 22.6. The maximum atomic E-state index is 12.9. The maximum absolute atomic E-state index is 12.9. The third-order valence-corrected chi connectivity index (χ3v) is 4.77. The first-order valence-corrected chi connectivity index (χ1v) is 10.4. The molecule has 0 aliphatic carbocycles. The summed E-state index contributed by atoms with van der Waals surface area (Å²) in [6, 6.07) is 5.84. The Labute approximate surface area is 169 Å². The van der Waals surface area contributed by atoms with Crippen molar-refractivity contribution in [3.05, 3.63) is 23.8 Å². The quantitative estimate of drug-likeness (QED) is 0.540. The summed E-state index contributed by atoms with van der Waals surface area (Å²) >= 11 is 0. The van der Waals surface area contributed by atoms with Gasteiger partial charge in [-0.2, -0.15) is 0 Å². The Morgan fingerprint density at radius 3 is 2.75 bits per heavy atom. The fourth-order valence-corrected chi connectivity index (χ4v) is 3.25. The van der Waals surface area contributed by atoms with Crippen molar-refractivity contribution in [2.24, 2.45) is 0 Å². The van der Waals surface area contributed by atoms with Crippen LogP contribution in [0.3, 0.4) is 0 Å². The van der Waals surface area contributed by atoms with Crippen LogP contribution in [0.4, 0.5) is 0 Å². The van der Waals surface area contributed by atoms with Gasteiger partial charge in [0, 0.05) is 19.7 Å². The lowest BCUT2D eigenvalue weighted by Gasteiger charge is -2.26. The summed E-state index contributed by atoms with van der Waals surface area (Å²) in [5.41, 5.74) is 1.01. The van der Waals surface area contributed by atoms with Crippen LogP contribution in [0, 0.1) is 0 Å². The number of amides is 1. The van der Waals surface area contributed by atoms with Crippen LogP contribution < -0.4 is 9.47 Å². The van der Waals surface area contributed by atoms with E-state index in [9.17, 15) is 4.79 Å². The molecule has 0 saturated carbocycles. The molecule has 2 rings (SSSR count). The molecule has 1 aliphatic heterocycles. The molecule has 1 fully saturated rings.